The summed E-state index contributed by atoms with van der Waals surface area (Å²) in [4.78, 5) is 0. The van der Waals surface area contributed by atoms with Gasteiger partial charge in [0.1, 0.15) is 0 Å². The van der Waals surface area contributed by atoms with Crippen LogP contribution in [0, 0.1) is 11.3 Å². The largest absolute Gasteiger partial charge is 0.381 e. The van der Waals surface area contributed by atoms with Crippen molar-refractivity contribution in [2.24, 2.45) is 16.5 Å². The Hall–Kier alpha value is -0.470. The second-order valence-electron chi connectivity index (χ2n) is 5.94. The highest BCUT2D eigenvalue weighted by atomic mass is 79.9. The van der Waals surface area contributed by atoms with E-state index in [0.717, 1.165) is 35.7 Å². The monoisotopic (exact) mass is 391 g/mol. The fourth-order valence-corrected chi connectivity index (χ4v) is 4.12. The van der Waals surface area contributed by atoms with E-state index in [-0.39, 0.29) is 24.0 Å². The molecule has 2 N–H and O–H groups in total. The number of allylic oxidation sites excluding steroid dienone is 4. The Morgan fingerprint density at radius 1 is 1.45 bits per heavy atom. The highest BCUT2D eigenvalue weighted by Crippen LogP contribution is 2.49. The van der Waals surface area contributed by atoms with Crippen molar-refractivity contribution < 1.29 is 17.3 Å². The first-order valence-corrected chi connectivity index (χ1v) is 9.47. The number of rotatable bonds is 4. The van der Waals surface area contributed by atoms with Gasteiger partial charge < -0.3 is 4.74 Å². The summed E-state index contributed by atoms with van der Waals surface area (Å²) < 4.78 is 33.6. The average molecular weight is 392 g/mol. The third-order valence-corrected chi connectivity index (χ3v) is 5.59. The Kier molecular flexibility index (Phi) is 5.66. The van der Waals surface area contributed by atoms with Gasteiger partial charge in [-0.05, 0) is 42.7 Å². The van der Waals surface area contributed by atoms with Crippen molar-refractivity contribution >= 4 is 26.2 Å². The highest BCUT2D eigenvalue weighted by molar-refractivity contribution is 9.11. The van der Waals surface area contributed by atoms with Crippen LogP contribution in [0.5, 0.6) is 0 Å². The van der Waals surface area contributed by atoms with Gasteiger partial charge in [0.05, 0.1) is 12.7 Å². The van der Waals surface area contributed by atoms with Crippen LogP contribution in [0.1, 0.15) is 25.7 Å². The van der Waals surface area contributed by atoms with Gasteiger partial charge in [-0.2, -0.15) is 8.42 Å². The molecule has 1 fully saturated rings. The maximum absolute atomic E-state index is 11.2. The average Bonchev–Trinajstić information content (AvgIpc) is 2.55. The van der Waals surface area contributed by atoms with E-state index in [1.54, 1.807) is 7.11 Å². The van der Waals surface area contributed by atoms with E-state index in [1.807, 2.05) is 12.2 Å². The molecule has 0 bridgehead atoms. The van der Waals surface area contributed by atoms with Gasteiger partial charge in [0.2, 0.25) is 0 Å². The van der Waals surface area contributed by atoms with Crippen molar-refractivity contribution in [3.63, 3.8) is 0 Å². The summed E-state index contributed by atoms with van der Waals surface area (Å²) in [6, 6.07) is 0. The molecule has 0 aromatic rings. The lowest BCUT2D eigenvalue weighted by Gasteiger charge is -2.43. The van der Waals surface area contributed by atoms with E-state index in [2.05, 4.69) is 28.6 Å². The molecule has 7 heteroatoms. The van der Waals surface area contributed by atoms with Gasteiger partial charge in [0.25, 0.3) is 0 Å². The van der Waals surface area contributed by atoms with Crippen molar-refractivity contribution in [2.75, 3.05) is 13.7 Å². The summed E-state index contributed by atoms with van der Waals surface area (Å²) in [5.74, 6) is -0.130. The molecule has 0 aromatic heterocycles. The van der Waals surface area contributed by atoms with Crippen molar-refractivity contribution in [2.45, 2.75) is 31.8 Å². The van der Waals surface area contributed by atoms with Crippen LogP contribution in [-0.2, 0) is 19.2 Å². The molecule has 1 atom stereocenters. The third kappa shape index (κ3) is 4.29. The van der Waals surface area contributed by atoms with Crippen LogP contribution in [0.2, 0.25) is 0 Å². The Morgan fingerprint density at radius 2 is 2.09 bits per heavy atom. The highest BCUT2D eigenvalue weighted by Gasteiger charge is 2.42. The first-order valence-electron chi connectivity index (χ1n) is 7.21. The van der Waals surface area contributed by atoms with Crippen molar-refractivity contribution in [1.82, 2.24) is 0 Å². The Balaban J connectivity index is 2.26. The van der Waals surface area contributed by atoms with E-state index in [9.17, 15) is 8.42 Å². The molecular formula is C15H22BrNO4S. The summed E-state index contributed by atoms with van der Waals surface area (Å²) in [5.41, 5.74) is 0.666. The molecule has 2 aliphatic carbocycles. The minimum Gasteiger partial charge on any atom is -0.381 e. The van der Waals surface area contributed by atoms with Crippen LogP contribution < -0.4 is 5.14 Å². The van der Waals surface area contributed by atoms with Gasteiger partial charge in [-0.3, -0.25) is 4.18 Å². The van der Waals surface area contributed by atoms with Crippen LogP contribution >= 0.6 is 15.9 Å². The minimum atomic E-state index is -3.97. The third-order valence-electron chi connectivity index (χ3n) is 4.64. The molecule has 5 nitrogen and oxygen atoms in total. The van der Waals surface area contributed by atoms with Crippen LogP contribution in [0.15, 0.2) is 34.9 Å². The lowest BCUT2D eigenvalue weighted by molar-refractivity contribution is 0.0210. The van der Waals surface area contributed by atoms with Crippen LogP contribution in [0.4, 0.5) is 0 Å². The standard InChI is InChI=1S/C15H22BrNO4S/c1-11-9-12(16)3-6-15(7-4-13(20-2)5-8-15)14(11)10-21-22(17,18)19/h3,6,9,13-14H,1,4-5,7-8,10H2,2H3,(H2,17,18,19). The van der Waals surface area contributed by atoms with E-state index < -0.39 is 10.3 Å². The van der Waals surface area contributed by atoms with Gasteiger partial charge in [-0.1, -0.05) is 34.7 Å². The summed E-state index contributed by atoms with van der Waals surface area (Å²) in [5, 5.41) is 4.98. The number of methoxy groups -OCH3 is 1. The molecule has 124 valence electrons. The lowest BCUT2D eigenvalue weighted by Crippen LogP contribution is -2.38. The second-order valence-corrected chi connectivity index (χ2v) is 8.07. The molecule has 2 aliphatic rings. The lowest BCUT2D eigenvalue weighted by atomic mass is 9.63. The first kappa shape index (κ1) is 17.9. The number of ether oxygens (including phenoxy) is 1. The fraction of sp³-hybridized carbons (Fsp3) is 0.600. The predicted molar refractivity (Wildman–Crippen MR) is 89.5 cm³/mol. The molecule has 1 unspecified atom stereocenters. The maximum Gasteiger partial charge on any atom is 0.333 e. The Morgan fingerprint density at radius 3 is 2.64 bits per heavy atom. The Bertz CT molecular complexity index is 589. The molecule has 2 rings (SSSR count). The maximum atomic E-state index is 11.2. The van der Waals surface area contributed by atoms with Gasteiger partial charge in [-0.25, -0.2) is 5.14 Å². The second kappa shape index (κ2) is 6.97. The van der Waals surface area contributed by atoms with Crippen molar-refractivity contribution in [3.05, 3.63) is 34.9 Å². The van der Waals surface area contributed by atoms with E-state index >= 15 is 0 Å². The smallest absolute Gasteiger partial charge is 0.333 e. The quantitative estimate of drug-likeness (QED) is 0.798. The van der Waals surface area contributed by atoms with Gasteiger partial charge >= 0.3 is 10.3 Å². The topological polar surface area (TPSA) is 78.6 Å². The minimum absolute atomic E-state index is 0.0104. The van der Waals surface area contributed by atoms with E-state index in [4.69, 9.17) is 14.1 Å². The molecule has 22 heavy (non-hydrogen) atoms. The SMILES string of the molecule is C=C1C=C(Br)C=CC2(CCC(OC)CC2)C1COS(N)(=O)=O. The number of hydrogen-bond acceptors (Lipinski definition) is 4. The summed E-state index contributed by atoms with van der Waals surface area (Å²) in [7, 11) is -2.24. The van der Waals surface area contributed by atoms with Gasteiger partial charge in [-0.15, -0.1) is 0 Å². The molecule has 0 radical (unpaired) electrons. The van der Waals surface area contributed by atoms with Gasteiger partial charge in [0.15, 0.2) is 0 Å². The zero-order valence-electron chi connectivity index (χ0n) is 12.6. The predicted octanol–water partition coefficient (Wildman–Crippen LogP) is 2.80. The molecular weight excluding hydrogens is 370 g/mol. The number of hydrogen-bond donors (Lipinski definition) is 1. The molecule has 0 heterocycles. The normalized spacial score (nSPS) is 32.9. The van der Waals surface area contributed by atoms with Crippen LogP contribution in [0.25, 0.3) is 0 Å². The summed E-state index contributed by atoms with van der Waals surface area (Å²) in [6.07, 6.45) is 9.97. The Labute approximate surface area is 140 Å². The zero-order chi connectivity index (χ0) is 16.4. The molecule has 1 saturated carbocycles. The van der Waals surface area contributed by atoms with Crippen LogP contribution in [0.3, 0.4) is 0 Å². The van der Waals surface area contributed by atoms with Crippen molar-refractivity contribution in [1.29, 1.82) is 0 Å². The van der Waals surface area contributed by atoms with Crippen LogP contribution in [-0.4, -0.2) is 28.2 Å². The van der Waals surface area contributed by atoms with Crippen molar-refractivity contribution in [3.8, 4) is 0 Å². The number of halogens is 1. The zero-order valence-corrected chi connectivity index (χ0v) is 15.0. The molecule has 0 aliphatic heterocycles. The first-order chi connectivity index (χ1) is 10.3. The van der Waals surface area contributed by atoms with Gasteiger partial charge in [0, 0.05) is 17.5 Å². The van der Waals surface area contributed by atoms with E-state index in [0.29, 0.717) is 0 Å². The molecule has 1 spiro atoms. The summed E-state index contributed by atoms with van der Waals surface area (Å²) >= 11 is 3.48. The summed E-state index contributed by atoms with van der Waals surface area (Å²) in [6.45, 7) is 4.11. The number of nitrogens with two attached hydrogens (primary N) is 1. The molecule has 0 aromatic carbocycles. The van der Waals surface area contributed by atoms with E-state index in [1.165, 1.54) is 0 Å². The fourth-order valence-electron chi connectivity index (χ4n) is 3.37. The molecule has 0 saturated heterocycles. The molecule has 0 amide bonds.